The molecule has 1 aromatic heterocycles. The van der Waals surface area contributed by atoms with Gasteiger partial charge in [-0.05, 0) is 42.7 Å². The third-order valence-corrected chi connectivity index (χ3v) is 5.74. The number of nitrogens with zero attached hydrogens (tertiary/aromatic N) is 2. The topological polar surface area (TPSA) is 65.2 Å². The SMILES string of the molecule is Cc1nc([C@@](C)(CC(=O)c2ccc(C3CC3)c(OCCF)c2)CC2CC2)no1. The zero-order valence-corrected chi connectivity index (χ0v) is 16.5. The van der Waals surface area contributed by atoms with E-state index in [4.69, 9.17) is 9.26 Å². The summed E-state index contributed by atoms with van der Waals surface area (Å²) in [5.74, 6) is 2.88. The number of aromatic nitrogens is 2. The number of carbonyl (C=O) groups is 1. The molecule has 1 heterocycles. The molecule has 1 aromatic carbocycles. The summed E-state index contributed by atoms with van der Waals surface area (Å²) >= 11 is 0. The molecule has 0 aliphatic heterocycles. The average molecular weight is 386 g/mol. The first kappa shape index (κ1) is 19.1. The molecule has 0 bridgehead atoms. The minimum absolute atomic E-state index is 0.0128. The molecule has 0 unspecified atom stereocenters. The summed E-state index contributed by atoms with van der Waals surface area (Å²) in [4.78, 5) is 17.6. The van der Waals surface area contributed by atoms with Gasteiger partial charge in [-0.1, -0.05) is 37.1 Å². The van der Waals surface area contributed by atoms with Gasteiger partial charge in [-0.3, -0.25) is 4.79 Å². The molecule has 2 fully saturated rings. The molecule has 28 heavy (non-hydrogen) atoms. The lowest BCUT2D eigenvalue weighted by molar-refractivity contribution is 0.0944. The average Bonchev–Trinajstić information content (AvgIpc) is 3.60. The number of carbonyl (C=O) groups excluding carboxylic acids is 1. The van der Waals surface area contributed by atoms with Crippen LogP contribution in [0.15, 0.2) is 22.7 Å². The van der Waals surface area contributed by atoms with Crippen LogP contribution in [0, 0.1) is 12.8 Å². The first-order valence-electron chi connectivity index (χ1n) is 10.2. The summed E-state index contributed by atoms with van der Waals surface area (Å²) in [6, 6.07) is 5.62. The van der Waals surface area contributed by atoms with Gasteiger partial charge in [0.15, 0.2) is 11.6 Å². The molecule has 0 radical (unpaired) electrons. The summed E-state index contributed by atoms with van der Waals surface area (Å²) in [5.41, 5.74) is 1.23. The van der Waals surface area contributed by atoms with Crippen molar-refractivity contribution in [1.29, 1.82) is 0 Å². The minimum atomic E-state index is -0.543. The number of halogens is 1. The van der Waals surface area contributed by atoms with Crippen LogP contribution in [0.3, 0.4) is 0 Å². The fraction of sp³-hybridized carbons (Fsp3) is 0.591. The van der Waals surface area contributed by atoms with Crippen LogP contribution in [0.4, 0.5) is 4.39 Å². The Labute approximate surface area is 164 Å². The van der Waals surface area contributed by atoms with Gasteiger partial charge in [0.2, 0.25) is 5.89 Å². The standard InChI is InChI=1S/C22H27FN2O3/c1-14-24-21(25-28-14)22(2,12-15-3-4-15)13-19(26)17-7-8-18(16-5-6-16)20(11-17)27-10-9-23/h7-8,11,15-16H,3-6,9-10,12-13H2,1-2H3/t22-/m1/s1. The van der Waals surface area contributed by atoms with Crippen molar-refractivity contribution < 1.29 is 18.4 Å². The van der Waals surface area contributed by atoms with E-state index in [1.54, 1.807) is 13.0 Å². The Morgan fingerprint density at radius 1 is 1.32 bits per heavy atom. The summed E-state index contributed by atoms with van der Waals surface area (Å²) in [5, 5.41) is 4.11. The first-order valence-corrected chi connectivity index (χ1v) is 10.2. The Hall–Kier alpha value is -2.24. The Balaban J connectivity index is 1.56. The van der Waals surface area contributed by atoms with Crippen LogP contribution in [0.2, 0.25) is 0 Å². The van der Waals surface area contributed by atoms with Crippen molar-refractivity contribution >= 4 is 5.78 Å². The molecule has 0 N–H and O–H groups in total. The number of ether oxygens (including phenoxy) is 1. The van der Waals surface area contributed by atoms with Crippen molar-refractivity contribution in [3.63, 3.8) is 0 Å². The molecule has 0 spiro atoms. The first-order chi connectivity index (χ1) is 13.5. The predicted molar refractivity (Wildman–Crippen MR) is 103 cm³/mol. The molecule has 2 saturated carbocycles. The van der Waals surface area contributed by atoms with Crippen LogP contribution in [0.1, 0.15) is 79.0 Å². The lowest BCUT2D eigenvalue weighted by Gasteiger charge is -2.25. The minimum Gasteiger partial charge on any atom is -0.491 e. The highest BCUT2D eigenvalue weighted by Gasteiger charge is 2.40. The number of Topliss-reactive ketones (excluding diaryl/α,β-unsaturated/α-hetero) is 1. The lowest BCUT2D eigenvalue weighted by Crippen LogP contribution is -2.28. The molecule has 150 valence electrons. The molecule has 5 nitrogen and oxygen atoms in total. The zero-order chi connectivity index (χ0) is 19.7. The molecule has 6 heteroatoms. The largest absolute Gasteiger partial charge is 0.491 e. The van der Waals surface area contributed by atoms with E-state index >= 15 is 0 Å². The van der Waals surface area contributed by atoms with E-state index in [2.05, 4.69) is 10.1 Å². The van der Waals surface area contributed by atoms with Crippen LogP contribution in [0.5, 0.6) is 5.75 Å². The van der Waals surface area contributed by atoms with Gasteiger partial charge in [-0.25, -0.2) is 4.39 Å². The number of ketones is 1. The van der Waals surface area contributed by atoms with Gasteiger partial charge in [0.05, 0.1) is 0 Å². The molecule has 4 rings (SSSR count). The van der Waals surface area contributed by atoms with Crippen molar-refractivity contribution in [1.82, 2.24) is 10.1 Å². The number of alkyl halides is 1. The van der Waals surface area contributed by atoms with E-state index in [9.17, 15) is 9.18 Å². The summed E-state index contributed by atoms with van der Waals surface area (Å²) in [6.45, 7) is 3.28. The fourth-order valence-electron chi connectivity index (χ4n) is 3.92. The second kappa shape index (κ2) is 7.64. The van der Waals surface area contributed by atoms with Crippen LogP contribution in [-0.2, 0) is 5.41 Å². The maximum absolute atomic E-state index is 13.1. The van der Waals surface area contributed by atoms with Crippen LogP contribution in [0.25, 0.3) is 0 Å². The van der Waals surface area contributed by atoms with Gasteiger partial charge in [-0.15, -0.1) is 0 Å². The molecular weight excluding hydrogens is 359 g/mol. The van der Waals surface area contributed by atoms with E-state index in [1.807, 2.05) is 19.1 Å². The molecule has 2 aliphatic carbocycles. The maximum Gasteiger partial charge on any atom is 0.223 e. The Morgan fingerprint density at radius 2 is 2.11 bits per heavy atom. The van der Waals surface area contributed by atoms with Crippen LogP contribution < -0.4 is 4.74 Å². The predicted octanol–water partition coefficient (Wildman–Crippen LogP) is 4.93. The van der Waals surface area contributed by atoms with Gasteiger partial charge in [0, 0.05) is 24.3 Å². The van der Waals surface area contributed by atoms with Crippen molar-refractivity contribution in [3.8, 4) is 5.75 Å². The zero-order valence-electron chi connectivity index (χ0n) is 16.5. The van der Waals surface area contributed by atoms with Crippen molar-refractivity contribution in [3.05, 3.63) is 41.0 Å². The van der Waals surface area contributed by atoms with E-state index < -0.39 is 12.1 Å². The Morgan fingerprint density at radius 3 is 2.71 bits per heavy atom. The molecule has 0 saturated heterocycles. The Bertz CT molecular complexity index is 857. The normalized spacial score (nSPS) is 18.7. The smallest absolute Gasteiger partial charge is 0.223 e. The monoisotopic (exact) mass is 386 g/mol. The highest BCUT2D eigenvalue weighted by molar-refractivity contribution is 5.97. The molecule has 0 amide bonds. The van der Waals surface area contributed by atoms with E-state index in [0.29, 0.717) is 41.3 Å². The number of aryl methyl sites for hydroxylation is 1. The number of benzene rings is 1. The molecule has 1 atom stereocenters. The van der Waals surface area contributed by atoms with Gasteiger partial charge < -0.3 is 9.26 Å². The van der Waals surface area contributed by atoms with Crippen molar-refractivity contribution in [2.75, 3.05) is 13.3 Å². The van der Waals surface area contributed by atoms with Gasteiger partial charge >= 0.3 is 0 Å². The maximum atomic E-state index is 13.1. The molecule has 2 aliphatic rings. The van der Waals surface area contributed by atoms with E-state index in [0.717, 1.165) is 24.8 Å². The highest BCUT2D eigenvalue weighted by Crippen LogP contribution is 2.46. The summed E-state index contributed by atoms with van der Waals surface area (Å²) in [7, 11) is 0. The second-order valence-electron chi connectivity index (χ2n) is 8.51. The fourth-order valence-corrected chi connectivity index (χ4v) is 3.92. The van der Waals surface area contributed by atoms with Gasteiger partial charge in [0.1, 0.15) is 19.0 Å². The quantitative estimate of drug-likeness (QED) is 0.542. The van der Waals surface area contributed by atoms with Crippen LogP contribution >= 0.6 is 0 Å². The van der Waals surface area contributed by atoms with E-state index in [-0.39, 0.29) is 12.4 Å². The number of hydrogen-bond acceptors (Lipinski definition) is 5. The third-order valence-electron chi connectivity index (χ3n) is 5.74. The van der Waals surface area contributed by atoms with Crippen molar-refractivity contribution in [2.24, 2.45) is 5.92 Å². The van der Waals surface area contributed by atoms with E-state index in [1.165, 1.54) is 12.8 Å². The summed E-state index contributed by atoms with van der Waals surface area (Å²) in [6.07, 6.45) is 5.82. The third kappa shape index (κ3) is 4.26. The Kier molecular flexibility index (Phi) is 5.21. The van der Waals surface area contributed by atoms with Gasteiger partial charge in [-0.2, -0.15) is 4.98 Å². The highest BCUT2D eigenvalue weighted by atomic mass is 19.1. The van der Waals surface area contributed by atoms with Crippen LogP contribution in [-0.4, -0.2) is 29.2 Å². The van der Waals surface area contributed by atoms with Gasteiger partial charge in [0.25, 0.3) is 0 Å². The number of rotatable bonds is 10. The molecule has 2 aromatic rings. The second-order valence-corrected chi connectivity index (χ2v) is 8.51. The summed E-state index contributed by atoms with van der Waals surface area (Å²) < 4.78 is 23.4. The lowest BCUT2D eigenvalue weighted by atomic mass is 9.78. The number of hydrogen-bond donors (Lipinski definition) is 0. The van der Waals surface area contributed by atoms with Crippen molar-refractivity contribution in [2.45, 2.75) is 63.7 Å². The molecular formula is C22H27FN2O3.